The van der Waals surface area contributed by atoms with E-state index >= 15 is 0 Å². The van der Waals surface area contributed by atoms with Crippen molar-refractivity contribution < 1.29 is 14.3 Å². The largest absolute Gasteiger partial charge is 0.467 e. The number of rotatable bonds is 7. The van der Waals surface area contributed by atoms with E-state index in [1.807, 2.05) is 42.5 Å². The summed E-state index contributed by atoms with van der Waals surface area (Å²) >= 11 is 1.51. The van der Waals surface area contributed by atoms with Gasteiger partial charge in [0.15, 0.2) is 0 Å². The molecule has 1 unspecified atom stereocenters. The lowest BCUT2D eigenvalue weighted by Crippen LogP contribution is -2.33. The van der Waals surface area contributed by atoms with Crippen molar-refractivity contribution in [2.45, 2.75) is 26.0 Å². The van der Waals surface area contributed by atoms with Crippen molar-refractivity contribution in [1.82, 2.24) is 4.90 Å². The Labute approximate surface area is 151 Å². The zero-order valence-electron chi connectivity index (χ0n) is 14.1. The molecule has 0 spiro atoms. The third-order valence-corrected chi connectivity index (χ3v) is 5.21. The second-order valence-corrected chi connectivity index (χ2v) is 6.99. The van der Waals surface area contributed by atoms with Gasteiger partial charge in [0.1, 0.15) is 11.9 Å². The van der Waals surface area contributed by atoms with Gasteiger partial charge in [0.25, 0.3) is 5.91 Å². The SMILES string of the molecule is CCc1ccc(C(=O)N(Cc2ccccc2)CC(O)c2ccco2)s1. The molecule has 0 fully saturated rings. The standard InChI is InChI=1S/C20H21NO3S/c1-2-16-10-11-19(25-16)20(23)21(13-15-7-4-3-5-8-15)14-17(22)18-9-6-12-24-18/h3-12,17,22H,2,13-14H2,1H3. The summed E-state index contributed by atoms with van der Waals surface area (Å²) in [6.07, 6.45) is 1.58. The van der Waals surface area contributed by atoms with Crippen LogP contribution in [-0.2, 0) is 13.0 Å². The number of hydrogen-bond donors (Lipinski definition) is 1. The van der Waals surface area contributed by atoms with Crippen molar-refractivity contribution >= 4 is 17.2 Å². The summed E-state index contributed by atoms with van der Waals surface area (Å²) in [5.41, 5.74) is 1.02. The lowest BCUT2D eigenvalue weighted by atomic mass is 10.2. The van der Waals surface area contributed by atoms with E-state index in [4.69, 9.17) is 4.42 Å². The second kappa shape index (κ2) is 8.14. The number of nitrogens with zero attached hydrogens (tertiary/aromatic N) is 1. The summed E-state index contributed by atoms with van der Waals surface area (Å²) in [5, 5.41) is 10.4. The van der Waals surface area contributed by atoms with E-state index < -0.39 is 6.10 Å². The summed E-state index contributed by atoms with van der Waals surface area (Å²) in [7, 11) is 0. The quantitative estimate of drug-likeness (QED) is 0.688. The molecule has 0 saturated heterocycles. The molecule has 0 aliphatic heterocycles. The molecule has 5 heteroatoms. The van der Waals surface area contributed by atoms with Gasteiger partial charge in [-0.2, -0.15) is 0 Å². The maximum Gasteiger partial charge on any atom is 0.264 e. The van der Waals surface area contributed by atoms with E-state index in [9.17, 15) is 9.90 Å². The molecule has 0 saturated carbocycles. The smallest absolute Gasteiger partial charge is 0.264 e. The molecule has 2 aromatic heterocycles. The van der Waals surface area contributed by atoms with E-state index in [2.05, 4.69) is 6.92 Å². The van der Waals surface area contributed by atoms with Crippen molar-refractivity contribution in [3.63, 3.8) is 0 Å². The van der Waals surface area contributed by atoms with Gasteiger partial charge in [0.05, 0.1) is 17.7 Å². The lowest BCUT2D eigenvalue weighted by molar-refractivity contribution is 0.0567. The molecule has 0 aliphatic carbocycles. The number of hydrogen-bond acceptors (Lipinski definition) is 4. The minimum Gasteiger partial charge on any atom is -0.467 e. The molecule has 2 heterocycles. The van der Waals surface area contributed by atoms with Crippen LogP contribution in [0.15, 0.2) is 65.3 Å². The summed E-state index contributed by atoms with van der Waals surface area (Å²) < 4.78 is 5.27. The topological polar surface area (TPSA) is 53.7 Å². The Morgan fingerprint density at radius 2 is 1.96 bits per heavy atom. The molecule has 1 N–H and O–H groups in total. The predicted octanol–water partition coefficient (Wildman–Crippen LogP) is 4.28. The molecule has 4 nitrogen and oxygen atoms in total. The number of amides is 1. The second-order valence-electron chi connectivity index (χ2n) is 5.82. The van der Waals surface area contributed by atoms with Crippen LogP contribution in [0.5, 0.6) is 0 Å². The van der Waals surface area contributed by atoms with E-state index in [-0.39, 0.29) is 12.5 Å². The van der Waals surface area contributed by atoms with Gasteiger partial charge in [-0.3, -0.25) is 4.79 Å². The molecule has 1 atom stereocenters. The molecule has 130 valence electrons. The van der Waals surface area contributed by atoms with Crippen molar-refractivity contribution in [2.24, 2.45) is 0 Å². The highest BCUT2D eigenvalue weighted by atomic mass is 32.1. The maximum absolute atomic E-state index is 13.0. The number of aliphatic hydroxyl groups excluding tert-OH is 1. The Kier molecular flexibility index (Phi) is 5.68. The molecule has 25 heavy (non-hydrogen) atoms. The Morgan fingerprint density at radius 1 is 1.16 bits per heavy atom. The molecule has 3 aromatic rings. The minimum atomic E-state index is -0.853. The Balaban J connectivity index is 1.81. The van der Waals surface area contributed by atoms with Gasteiger partial charge < -0.3 is 14.4 Å². The fourth-order valence-electron chi connectivity index (χ4n) is 2.64. The highest BCUT2D eigenvalue weighted by Crippen LogP contribution is 2.22. The van der Waals surface area contributed by atoms with Crippen LogP contribution < -0.4 is 0 Å². The van der Waals surface area contributed by atoms with E-state index in [1.54, 1.807) is 17.0 Å². The average Bonchev–Trinajstić information content (AvgIpc) is 3.33. The van der Waals surface area contributed by atoms with E-state index in [1.165, 1.54) is 22.5 Å². The molecule has 0 radical (unpaired) electrons. The van der Waals surface area contributed by atoms with Crippen LogP contribution in [-0.4, -0.2) is 22.5 Å². The molecular weight excluding hydrogens is 334 g/mol. The van der Waals surface area contributed by atoms with Crippen molar-refractivity contribution in [1.29, 1.82) is 0 Å². The first-order chi connectivity index (χ1) is 12.2. The van der Waals surface area contributed by atoms with Crippen molar-refractivity contribution in [2.75, 3.05) is 6.54 Å². The molecule has 1 amide bonds. The van der Waals surface area contributed by atoms with Crippen LogP contribution in [0.2, 0.25) is 0 Å². The number of thiophene rings is 1. The van der Waals surface area contributed by atoms with E-state index in [0.29, 0.717) is 17.2 Å². The first kappa shape index (κ1) is 17.5. The normalized spacial score (nSPS) is 12.1. The number of carbonyl (C=O) groups is 1. The number of furan rings is 1. The van der Waals surface area contributed by atoms with Crippen LogP contribution in [0.1, 0.15) is 38.9 Å². The van der Waals surface area contributed by atoms with Crippen LogP contribution >= 0.6 is 11.3 Å². The van der Waals surface area contributed by atoms with Gasteiger partial charge in [-0.05, 0) is 36.2 Å². The lowest BCUT2D eigenvalue weighted by Gasteiger charge is -2.24. The Bertz CT molecular complexity index is 795. The van der Waals surface area contributed by atoms with Gasteiger partial charge in [-0.1, -0.05) is 37.3 Å². The maximum atomic E-state index is 13.0. The van der Waals surface area contributed by atoms with Gasteiger partial charge in [-0.25, -0.2) is 0 Å². The fourth-order valence-corrected chi connectivity index (χ4v) is 3.56. The van der Waals surface area contributed by atoms with Crippen LogP contribution in [0.3, 0.4) is 0 Å². The zero-order valence-corrected chi connectivity index (χ0v) is 14.9. The summed E-state index contributed by atoms with van der Waals surface area (Å²) in [6, 6.07) is 17.1. The summed E-state index contributed by atoms with van der Waals surface area (Å²) in [5.74, 6) is 0.394. The van der Waals surface area contributed by atoms with Crippen molar-refractivity contribution in [3.05, 3.63) is 81.9 Å². The fraction of sp³-hybridized carbons (Fsp3) is 0.250. The van der Waals surface area contributed by atoms with E-state index in [0.717, 1.165) is 12.0 Å². The predicted molar refractivity (Wildman–Crippen MR) is 98.5 cm³/mol. The minimum absolute atomic E-state index is 0.0702. The summed E-state index contributed by atoms with van der Waals surface area (Å²) in [4.78, 5) is 16.5. The molecule has 3 rings (SSSR count). The van der Waals surface area contributed by atoms with Crippen LogP contribution in [0, 0.1) is 0 Å². The van der Waals surface area contributed by atoms with Gasteiger partial charge >= 0.3 is 0 Å². The molecule has 1 aromatic carbocycles. The third-order valence-electron chi connectivity index (χ3n) is 3.99. The number of benzene rings is 1. The molecule has 0 bridgehead atoms. The number of carbonyl (C=O) groups excluding carboxylic acids is 1. The third kappa shape index (κ3) is 4.38. The van der Waals surface area contributed by atoms with Gasteiger partial charge in [0, 0.05) is 11.4 Å². The average molecular weight is 355 g/mol. The summed E-state index contributed by atoms with van der Waals surface area (Å²) in [6.45, 7) is 2.69. The van der Waals surface area contributed by atoms with Crippen LogP contribution in [0.4, 0.5) is 0 Å². The number of aliphatic hydroxyl groups is 1. The molecule has 0 aliphatic rings. The number of aryl methyl sites for hydroxylation is 1. The zero-order chi connectivity index (χ0) is 17.6. The monoisotopic (exact) mass is 355 g/mol. The highest BCUT2D eigenvalue weighted by Gasteiger charge is 2.23. The van der Waals surface area contributed by atoms with Gasteiger partial charge in [-0.15, -0.1) is 11.3 Å². The Hall–Kier alpha value is -2.37. The van der Waals surface area contributed by atoms with Crippen LogP contribution in [0.25, 0.3) is 0 Å². The molecular formula is C20H21NO3S. The highest BCUT2D eigenvalue weighted by molar-refractivity contribution is 7.14. The van der Waals surface area contributed by atoms with Gasteiger partial charge in [0.2, 0.25) is 0 Å². The Morgan fingerprint density at radius 3 is 2.60 bits per heavy atom. The first-order valence-electron chi connectivity index (χ1n) is 8.30. The van der Waals surface area contributed by atoms with Crippen molar-refractivity contribution in [3.8, 4) is 0 Å². The first-order valence-corrected chi connectivity index (χ1v) is 9.12.